The van der Waals surface area contributed by atoms with Crippen molar-refractivity contribution in [2.24, 2.45) is 11.6 Å². The molecule has 6 nitrogen and oxygen atoms in total. The second kappa shape index (κ2) is 7.33. The van der Waals surface area contributed by atoms with Crippen molar-refractivity contribution in [3.05, 3.63) is 0 Å². The van der Waals surface area contributed by atoms with Gasteiger partial charge in [0, 0.05) is 6.54 Å². The number of amides is 2. The van der Waals surface area contributed by atoms with Crippen molar-refractivity contribution in [1.29, 1.82) is 0 Å². The number of nitrogens with one attached hydrogen (secondary N) is 1. The summed E-state index contributed by atoms with van der Waals surface area (Å²) >= 11 is 0. The van der Waals surface area contributed by atoms with Crippen LogP contribution >= 0.6 is 0 Å². The Labute approximate surface area is 89.9 Å². The first-order valence-corrected chi connectivity index (χ1v) is 5.20. The molecule has 0 aromatic rings. The quantitative estimate of drug-likeness (QED) is 0.316. The summed E-state index contributed by atoms with van der Waals surface area (Å²) in [6, 6.07) is -0.515. The summed E-state index contributed by atoms with van der Waals surface area (Å²) in [6.45, 7) is 5.05. The Balaban J connectivity index is 0.000000921. The van der Waals surface area contributed by atoms with E-state index in [4.69, 9.17) is 11.6 Å². The molecule has 1 unspecified atom stereocenters. The monoisotopic (exact) mass is 216 g/mol. The van der Waals surface area contributed by atoms with E-state index < -0.39 is 6.04 Å². The fourth-order valence-corrected chi connectivity index (χ4v) is 1.24. The van der Waals surface area contributed by atoms with Crippen LogP contribution in [-0.2, 0) is 9.59 Å². The first-order chi connectivity index (χ1) is 7.15. The Hall–Kier alpha value is -0.980. The third-order valence-electron chi connectivity index (χ3n) is 1.96. The highest BCUT2D eigenvalue weighted by molar-refractivity contribution is 6.05. The first-order valence-electron chi connectivity index (χ1n) is 5.20. The summed E-state index contributed by atoms with van der Waals surface area (Å²) in [6.07, 6.45) is 0.869. The van der Waals surface area contributed by atoms with E-state index in [-0.39, 0.29) is 18.2 Å². The predicted molar refractivity (Wildman–Crippen MR) is 57.5 cm³/mol. The Morgan fingerprint density at radius 3 is 2.47 bits per heavy atom. The topological polar surface area (TPSA) is 101 Å². The molecule has 0 spiro atoms. The highest BCUT2D eigenvalue weighted by Gasteiger charge is 2.33. The fraction of sp³-hybridized carbons (Fsp3) is 0.778. The van der Waals surface area contributed by atoms with Crippen LogP contribution in [0.15, 0.2) is 0 Å². The second-order valence-electron chi connectivity index (χ2n) is 3.01. The van der Waals surface area contributed by atoms with Crippen molar-refractivity contribution < 1.29 is 9.59 Å². The lowest BCUT2D eigenvalue weighted by Crippen LogP contribution is -2.46. The SMILES string of the molecule is CC.NCCCN(N)C1CC(=O)NC1=O. The van der Waals surface area contributed by atoms with E-state index in [1.165, 1.54) is 5.01 Å². The van der Waals surface area contributed by atoms with E-state index in [1.54, 1.807) is 0 Å². The van der Waals surface area contributed by atoms with Gasteiger partial charge >= 0.3 is 0 Å². The van der Waals surface area contributed by atoms with Crippen LogP contribution in [0.2, 0.25) is 0 Å². The predicted octanol–water partition coefficient (Wildman–Crippen LogP) is -1.05. The molecule has 1 heterocycles. The van der Waals surface area contributed by atoms with Gasteiger partial charge in [-0.25, -0.2) is 5.01 Å². The fourth-order valence-electron chi connectivity index (χ4n) is 1.24. The summed E-state index contributed by atoms with van der Waals surface area (Å²) < 4.78 is 0. The highest BCUT2D eigenvalue weighted by Crippen LogP contribution is 2.07. The maximum absolute atomic E-state index is 11.1. The van der Waals surface area contributed by atoms with E-state index in [2.05, 4.69) is 5.32 Å². The van der Waals surface area contributed by atoms with Crippen LogP contribution < -0.4 is 16.9 Å². The molecule has 1 saturated heterocycles. The molecule has 1 fully saturated rings. The number of hydrazine groups is 1. The molecule has 1 atom stereocenters. The lowest BCUT2D eigenvalue weighted by Gasteiger charge is -2.19. The van der Waals surface area contributed by atoms with Crippen LogP contribution in [-0.4, -0.2) is 36.0 Å². The number of rotatable bonds is 4. The summed E-state index contributed by atoms with van der Waals surface area (Å²) in [5, 5.41) is 3.56. The number of nitrogens with two attached hydrogens (primary N) is 2. The van der Waals surface area contributed by atoms with Gasteiger partial charge in [-0.15, -0.1) is 0 Å². The summed E-state index contributed by atoms with van der Waals surface area (Å²) in [5.41, 5.74) is 5.29. The summed E-state index contributed by atoms with van der Waals surface area (Å²) in [4.78, 5) is 21.9. The van der Waals surface area contributed by atoms with E-state index in [1.807, 2.05) is 13.8 Å². The largest absolute Gasteiger partial charge is 0.330 e. The van der Waals surface area contributed by atoms with Gasteiger partial charge in [0.25, 0.3) is 0 Å². The highest BCUT2D eigenvalue weighted by atomic mass is 16.2. The van der Waals surface area contributed by atoms with Gasteiger partial charge in [0.05, 0.1) is 6.42 Å². The molecule has 2 amide bonds. The zero-order valence-corrected chi connectivity index (χ0v) is 9.32. The summed E-state index contributed by atoms with van der Waals surface area (Å²) in [5.74, 6) is 5.00. The lowest BCUT2D eigenvalue weighted by atomic mass is 10.2. The molecular formula is C9H20N4O2. The molecular weight excluding hydrogens is 196 g/mol. The van der Waals surface area contributed by atoms with Crippen LogP contribution in [0.25, 0.3) is 0 Å². The molecule has 0 aromatic carbocycles. The Morgan fingerprint density at radius 1 is 1.47 bits per heavy atom. The molecule has 6 heteroatoms. The van der Waals surface area contributed by atoms with Crippen LogP contribution in [0, 0.1) is 0 Å². The average Bonchev–Trinajstić information content (AvgIpc) is 2.57. The zero-order valence-electron chi connectivity index (χ0n) is 9.32. The number of carbonyl (C=O) groups is 2. The molecule has 15 heavy (non-hydrogen) atoms. The minimum Gasteiger partial charge on any atom is -0.330 e. The minimum absolute atomic E-state index is 0.153. The molecule has 0 saturated carbocycles. The van der Waals surface area contributed by atoms with Gasteiger partial charge in [-0.3, -0.25) is 20.7 Å². The normalized spacial score (nSPS) is 19.9. The van der Waals surface area contributed by atoms with Gasteiger partial charge in [-0.1, -0.05) is 13.8 Å². The van der Waals surface area contributed by atoms with Crippen LogP contribution in [0.5, 0.6) is 0 Å². The van der Waals surface area contributed by atoms with E-state index in [9.17, 15) is 9.59 Å². The van der Waals surface area contributed by atoms with Crippen molar-refractivity contribution in [2.75, 3.05) is 13.1 Å². The molecule has 1 aliphatic heterocycles. The Morgan fingerprint density at radius 2 is 2.07 bits per heavy atom. The molecule has 1 rings (SSSR count). The van der Waals surface area contributed by atoms with Gasteiger partial charge in [0.2, 0.25) is 11.8 Å². The van der Waals surface area contributed by atoms with Crippen LogP contribution in [0.4, 0.5) is 0 Å². The molecule has 5 N–H and O–H groups in total. The van der Waals surface area contributed by atoms with Crippen LogP contribution in [0.1, 0.15) is 26.7 Å². The van der Waals surface area contributed by atoms with Gasteiger partial charge in [0.15, 0.2) is 0 Å². The second-order valence-corrected chi connectivity index (χ2v) is 3.01. The van der Waals surface area contributed by atoms with E-state index in [0.29, 0.717) is 19.5 Å². The zero-order chi connectivity index (χ0) is 11.8. The molecule has 0 bridgehead atoms. The van der Waals surface area contributed by atoms with Gasteiger partial charge in [-0.05, 0) is 13.0 Å². The van der Waals surface area contributed by atoms with Gasteiger partial charge < -0.3 is 5.73 Å². The van der Waals surface area contributed by atoms with Gasteiger partial charge in [0.1, 0.15) is 6.04 Å². The van der Waals surface area contributed by atoms with Crippen molar-refractivity contribution in [3.63, 3.8) is 0 Å². The van der Waals surface area contributed by atoms with Crippen LogP contribution in [0.3, 0.4) is 0 Å². The first kappa shape index (κ1) is 14.0. The van der Waals surface area contributed by atoms with Crippen molar-refractivity contribution in [1.82, 2.24) is 10.3 Å². The lowest BCUT2D eigenvalue weighted by molar-refractivity contribution is -0.126. The Kier molecular flexibility index (Phi) is 6.85. The third-order valence-corrected chi connectivity index (χ3v) is 1.96. The standard InChI is InChI=1S/C7H14N4O2.C2H6/c8-2-1-3-11(9)5-4-6(12)10-7(5)13;1-2/h5H,1-4,8-9H2,(H,10,12,13);1-2H3. The minimum atomic E-state index is -0.515. The van der Waals surface area contributed by atoms with Gasteiger partial charge in [-0.2, -0.15) is 0 Å². The molecule has 1 aliphatic rings. The third kappa shape index (κ3) is 4.37. The Bertz CT molecular complexity index is 220. The molecule has 0 radical (unpaired) electrons. The van der Waals surface area contributed by atoms with E-state index in [0.717, 1.165) is 0 Å². The number of hydrogen-bond acceptors (Lipinski definition) is 5. The van der Waals surface area contributed by atoms with Crippen molar-refractivity contribution >= 4 is 11.8 Å². The number of imide groups is 1. The number of nitrogens with zero attached hydrogens (tertiary/aromatic N) is 1. The molecule has 88 valence electrons. The molecule has 0 aliphatic carbocycles. The smallest absolute Gasteiger partial charge is 0.245 e. The molecule has 0 aromatic heterocycles. The number of hydrogen-bond donors (Lipinski definition) is 3. The number of carbonyl (C=O) groups excluding carboxylic acids is 2. The van der Waals surface area contributed by atoms with Crippen molar-refractivity contribution in [3.8, 4) is 0 Å². The average molecular weight is 216 g/mol. The van der Waals surface area contributed by atoms with Crippen molar-refractivity contribution in [2.45, 2.75) is 32.7 Å². The maximum Gasteiger partial charge on any atom is 0.245 e. The maximum atomic E-state index is 11.1. The van der Waals surface area contributed by atoms with E-state index >= 15 is 0 Å². The summed E-state index contributed by atoms with van der Waals surface area (Å²) in [7, 11) is 0.